The number of carbonyl (C=O) groups is 1. The smallest absolute Gasteiger partial charge is 0.257 e. The van der Waals surface area contributed by atoms with Crippen LogP contribution in [0, 0.1) is 0 Å². The molecule has 2 aliphatic heterocycles. The minimum atomic E-state index is -0.319. The SMILES string of the molecule is C=C(C)COc1ccc(C2Nc3ccccc3C(=O)N2CC2CCCO2)cc1OC. The van der Waals surface area contributed by atoms with E-state index in [0.717, 1.165) is 36.3 Å². The highest BCUT2D eigenvalue weighted by atomic mass is 16.5. The van der Waals surface area contributed by atoms with Crippen LogP contribution in [0.3, 0.4) is 0 Å². The average molecular weight is 408 g/mol. The zero-order valence-electron chi connectivity index (χ0n) is 17.5. The van der Waals surface area contributed by atoms with Crippen LogP contribution < -0.4 is 14.8 Å². The van der Waals surface area contributed by atoms with Gasteiger partial charge in [-0.25, -0.2) is 0 Å². The zero-order chi connectivity index (χ0) is 21.1. The lowest BCUT2D eigenvalue weighted by Crippen LogP contribution is -2.46. The van der Waals surface area contributed by atoms with E-state index in [1.54, 1.807) is 7.11 Å². The summed E-state index contributed by atoms with van der Waals surface area (Å²) in [5.41, 5.74) is 3.37. The summed E-state index contributed by atoms with van der Waals surface area (Å²) in [5, 5.41) is 3.53. The Balaban J connectivity index is 1.67. The molecule has 2 aromatic rings. The topological polar surface area (TPSA) is 60.0 Å². The van der Waals surface area contributed by atoms with Gasteiger partial charge in [-0.3, -0.25) is 4.79 Å². The first-order valence-electron chi connectivity index (χ1n) is 10.3. The Morgan fingerprint density at radius 1 is 1.27 bits per heavy atom. The molecule has 0 saturated carbocycles. The molecule has 6 nitrogen and oxygen atoms in total. The molecule has 4 rings (SSSR count). The van der Waals surface area contributed by atoms with Crippen molar-refractivity contribution in [1.82, 2.24) is 4.90 Å². The van der Waals surface area contributed by atoms with Crippen LogP contribution in [0.4, 0.5) is 5.69 Å². The molecule has 0 aliphatic carbocycles. The molecular weight excluding hydrogens is 380 g/mol. The summed E-state index contributed by atoms with van der Waals surface area (Å²) in [6.45, 7) is 7.51. The number of methoxy groups -OCH3 is 1. The highest BCUT2D eigenvalue weighted by Crippen LogP contribution is 2.37. The molecule has 0 spiro atoms. The second kappa shape index (κ2) is 8.79. The maximum Gasteiger partial charge on any atom is 0.257 e. The lowest BCUT2D eigenvalue weighted by atomic mass is 10.0. The highest BCUT2D eigenvalue weighted by Gasteiger charge is 2.35. The zero-order valence-corrected chi connectivity index (χ0v) is 17.5. The van der Waals surface area contributed by atoms with Crippen molar-refractivity contribution in [1.29, 1.82) is 0 Å². The Kier molecular flexibility index (Phi) is 5.95. The van der Waals surface area contributed by atoms with Gasteiger partial charge < -0.3 is 24.4 Å². The number of rotatable bonds is 7. The Morgan fingerprint density at radius 2 is 2.10 bits per heavy atom. The number of anilines is 1. The van der Waals surface area contributed by atoms with Crippen LogP contribution in [0.5, 0.6) is 11.5 Å². The Hall–Kier alpha value is -2.99. The number of fused-ring (bicyclic) bond motifs is 1. The summed E-state index contributed by atoms with van der Waals surface area (Å²) in [6.07, 6.45) is 1.74. The third-order valence-corrected chi connectivity index (χ3v) is 5.42. The predicted molar refractivity (Wildman–Crippen MR) is 116 cm³/mol. The number of hydrogen-bond donors (Lipinski definition) is 1. The number of ether oxygens (including phenoxy) is 3. The number of carbonyl (C=O) groups excluding carboxylic acids is 1. The third-order valence-electron chi connectivity index (χ3n) is 5.42. The molecule has 2 unspecified atom stereocenters. The van der Waals surface area contributed by atoms with E-state index >= 15 is 0 Å². The lowest BCUT2D eigenvalue weighted by Gasteiger charge is -2.39. The van der Waals surface area contributed by atoms with Crippen molar-refractivity contribution in [3.63, 3.8) is 0 Å². The average Bonchev–Trinajstić information content (AvgIpc) is 3.27. The predicted octanol–water partition coefficient (Wildman–Crippen LogP) is 4.40. The van der Waals surface area contributed by atoms with E-state index < -0.39 is 0 Å². The van der Waals surface area contributed by atoms with Gasteiger partial charge in [-0.05, 0) is 55.2 Å². The largest absolute Gasteiger partial charge is 0.493 e. The summed E-state index contributed by atoms with van der Waals surface area (Å²) < 4.78 is 17.2. The molecule has 2 atom stereocenters. The standard InChI is InChI=1S/C24H28N2O4/c1-16(2)15-30-21-11-10-17(13-22(21)28-3)23-25-20-9-5-4-8-19(20)24(27)26(23)14-18-7-6-12-29-18/h4-5,8-11,13,18,23,25H,1,6-7,12,14-15H2,2-3H3. The van der Waals surface area contributed by atoms with Crippen LogP contribution in [0.15, 0.2) is 54.6 Å². The fourth-order valence-corrected chi connectivity index (χ4v) is 3.93. The van der Waals surface area contributed by atoms with E-state index in [-0.39, 0.29) is 18.2 Å². The summed E-state index contributed by atoms with van der Waals surface area (Å²) >= 11 is 0. The van der Waals surface area contributed by atoms with E-state index in [1.807, 2.05) is 54.3 Å². The van der Waals surface area contributed by atoms with Crippen molar-refractivity contribution >= 4 is 11.6 Å². The Labute approximate surface area is 177 Å². The van der Waals surface area contributed by atoms with E-state index in [1.165, 1.54) is 0 Å². The fraction of sp³-hybridized carbons (Fsp3) is 0.375. The quantitative estimate of drug-likeness (QED) is 0.689. The van der Waals surface area contributed by atoms with Gasteiger partial charge in [0.15, 0.2) is 11.5 Å². The van der Waals surface area contributed by atoms with Gasteiger partial charge in [0, 0.05) is 18.8 Å². The first kappa shape index (κ1) is 20.3. The molecule has 1 fully saturated rings. The van der Waals surface area contributed by atoms with Gasteiger partial charge in [0.1, 0.15) is 12.8 Å². The molecule has 2 aliphatic rings. The highest BCUT2D eigenvalue weighted by molar-refractivity contribution is 6.01. The van der Waals surface area contributed by atoms with Gasteiger partial charge in [0.25, 0.3) is 5.91 Å². The van der Waals surface area contributed by atoms with Crippen LogP contribution in [0.25, 0.3) is 0 Å². The van der Waals surface area contributed by atoms with E-state index in [0.29, 0.717) is 30.2 Å². The molecule has 1 saturated heterocycles. The first-order valence-corrected chi connectivity index (χ1v) is 10.3. The number of nitrogens with zero attached hydrogens (tertiary/aromatic N) is 1. The molecule has 2 aromatic carbocycles. The molecule has 6 heteroatoms. The van der Waals surface area contributed by atoms with E-state index in [9.17, 15) is 4.79 Å². The molecule has 158 valence electrons. The molecule has 2 heterocycles. The first-order chi connectivity index (χ1) is 14.6. The van der Waals surface area contributed by atoms with E-state index in [4.69, 9.17) is 14.2 Å². The number of amides is 1. The van der Waals surface area contributed by atoms with Crippen molar-refractivity contribution in [2.24, 2.45) is 0 Å². The van der Waals surface area contributed by atoms with Crippen LogP contribution in [-0.4, -0.2) is 43.8 Å². The Morgan fingerprint density at radius 3 is 2.83 bits per heavy atom. The molecular formula is C24H28N2O4. The van der Waals surface area contributed by atoms with Crippen molar-refractivity contribution in [2.45, 2.75) is 32.0 Å². The van der Waals surface area contributed by atoms with Crippen LogP contribution >= 0.6 is 0 Å². The fourth-order valence-electron chi connectivity index (χ4n) is 3.93. The van der Waals surface area contributed by atoms with E-state index in [2.05, 4.69) is 11.9 Å². The van der Waals surface area contributed by atoms with Gasteiger partial charge in [0.2, 0.25) is 0 Å². The lowest BCUT2D eigenvalue weighted by molar-refractivity contribution is 0.0426. The maximum absolute atomic E-state index is 13.4. The minimum Gasteiger partial charge on any atom is -0.493 e. The summed E-state index contributed by atoms with van der Waals surface area (Å²) in [6, 6.07) is 13.4. The van der Waals surface area contributed by atoms with Crippen LogP contribution in [0.1, 0.15) is 41.9 Å². The number of hydrogen-bond acceptors (Lipinski definition) is 5. The molecule has 1 amide bonds. The van der Waals surface area contributed by atoms with Gasteiger partial charge in [-0.15, -0.1) is 0 Å². The van der Waals surface area contributed by atoms with Gasteiger partial charge in [0.05, 0.1) is 18.8 Å². The van der Waals surface area contributed by atoms with Crippen molar-refractivity contribution in [3.8, 4) is 11.5 Å². The second-order valence-corrected chi connectivity index (χ2v) is 7.84. The molecule has 0 radical (unpaired) electrons. The number of benzene rings is 2. The van der Waals surface area contributed by atoms with Crippen LogP contribution in [0.2, 0.25) is 0 Å². The van der Waals surface area contributed by atoms with Gasteiger partial charge >= 0.3 is 0 Å². The number of para-hydroxylation sites is 1. The van der Waals surface area contributed by atoms with Crippen LogP contribution in [-0.2, 0) is 4.74 Å². The van der Waals surface area contributed by atoms with Crippen molar-refractivity contribution < 1.29 is 19.0 Å². The maximum atomic E-state index is 13.4. The summed E-state index contributed by atoms with van der Waals surface area (Å²) in [5.74, 6) is 1.28. The third kappa shape index (κ3) is 4.14. The molecule has 1 N–H and O–H groups in total. The van der Waals surface area contributed by atoms with Crippen molar-refractivity contribution in [3.05, 3.63) is 65.7 Å². The van der Waals surface area contributed by atoms with Gasteiger partial charge in [-0.1, -0.05) is 24.8 Å². The molecule has 30 heavy (non-hydrogen) atoms. The summed E-state index contributed by atoms with van der Waals surface area (Å²) in [7, 11) is 1.62. The monoisotopic (exact) mass is 408 g/mol. The number of nitrogens with one attached hydrogen (secondary N) is 1. The summed E-state index contributed by atoms with van der Waals surface area (Å²) in [4.78, 5) is 15.2. The minimum absolute atomic E-state index is 0.00595. The second-order valence-electron chi connectivity index (χ2n) is 7.84. The van der Waals surface area contributed by atoms with Gasteiger partial charge in [-0.2, -0.15) is 0 Å². The normalized spacial score (nSPS) is 20.5. The molecule has 0 aromatic heterocycles. The Bertz CT molecular complexity index is 937. The molecule has 0 bridgehead atoms. The van der Waals surface area contributed by atoms with Crippen molar-refractivity contribution in [2.75, 3.05) is 32.2 Å².